The highest BCUT2D eigenvalue weighted by molar-refractivity contribution is 6.67. The van der Waals surface area contributed by atoms with Gasteiger partial charge in [-0.3, -0.25) is 0 Å². The fraction of sp³-hybridized carbons (Fsp3) is 1.00. The maximum atomic E-state index is 6.24. The van der Waals surface area contributed by atoms with Crippen LogP contribution in [-0.4, -0.2) is 21.8 Å². The number of unbranched alkanes of at least 4 members (excludes halogenated alkanes) is 10. The van der Waals surface area contributed by atoms with Crippen LogP contribution < -0.4 is 0 Å². The average molecular weight is 345 g/mol. The van der Waals surface area contributed by atoms with Crippen molar-refractivity contribution in [2.45, 2.75) is 117 Å². The number of hydrogen-bond acceptors (Lipinski definition) is 2. The van der Waals surface area contributed by atoms with Crippen molar-refractivity contribution in [3.05, 3.63) is 0 Å². The van der Waals surface area contributed by atoms with Crippen LogP contribution in [0.15, 0.2) is 0 Å². The van der Waals surface area contributed by atoms with Gasteiger partial charge in [0.2, 0.25) is 0 Å². The minimum Gasteiger partial charge on any atom is -0.394 e. The molecule has 0 aliphatic rings. The summed E-state index contributed by atoms with van der Waals surface area (Å²) in [5.41, 5.74) is 0. The molecule has 0 fully saturated rings. The van der Waals surface area contributed by atoms with Crippen LogP contribution in [0, 0.1) is 0 Å². The zero-order valence-corrected chi connectivity index (χ0v) is 17.6. The highest BCUT2D eigenvalue weighted by atomic mass is 28.4. The summed E-state index contributed by atoms with van der Waals surface area (Å²) in [6.45, 7) is 10.5. The van der Waals surface area contributed by atoms with E-state index in [1.165, 1.54) is 89.1 Å². The third-order valence-electron chi connectivity index (χ3n) is 4.64. The van der Waals surface area contributed by atoms with Gasteiger partial charge in [-0.05, 0) is 25.9 Å². The van der Waals surface area contributed by atoms with Gasteiger partial charge >= 0.3 is 8.56 Å². The van der Waals surface area contributed by atoms with Crippen LogP contribution >= 0.6 is 0 Å². The van der Waals surface area contributed by atoms with Gasteiger partial charge in [0.1, 0.15) is 0 Å². The monoisotopic (exact) mass is 344 g/mol. The standard InChI is InChI=1S/C20H44O2Si/c1-5-9-11-13-15-17-19-23(21-7-3,22-8-4)20-18-16-14-12-10-6-2/h5-20H2,1-4H3. The summed E-state index contributed by atoms with van der Waals surface area (Å²) >= 11 is 0. The zero-order chi connectivity index (χ0) is 17.2. The van der Waals surface area contributed by atoms with E-state index in [1.54, 1.807) is 0 Å². The van der Waals surface area contributed by atoms with Gasteiger partial charge in [-0.25, -0.2) is 0 Å². The van der Waals surface area contributed by atoms with Crippen LogP contribution in [0.5, 0.6) is 0 Å². The summed E-state index contributed by atoms with van der Waals surface area (Å²) < 4.78 is 12.5. The molecule has 140 valence electrons. The Morgan fingerprint density at radius 2 is 0.826 bits per heavy atom. The molecule has 0 N–H and O–H groups in total. The van der Waals surface area contributed by atoms with E-state index < -0.39 is 8.56 Å². The van der Waals surface area contributed by atoms with Crippen molar-refractivity contribution in [2.24, 2.45) is 0 Å². The summed E-state index contributed by atoms with van der Waals surface area (Å²) in [6.07, 6.45) is 16.3. The maximum absolute atomic E-state index is 6.24. The summed E-state index contributed by atoms with van der Waals surface area (Å²) in [5.74, 6) is 0. The van der Waals surface area contributed by atoms with Crippen molar-refractivity contribution in [3.8, 4) is 0 Å². The first-order valence-electron chi connectivity index (χ1n) is 10.5. The van der Waals surface area contributed by atoms with Gasteiger partial charge in [0, 0.05) is 13.2 Å². The maximum Gasteiger partial charge on any atom is 0.338 e. The molecule has 0 amide bonds. The summed E-state index contributed by atoms with van der Waals surface area (Å²) in [6, 6.07) is 2.41. The molecule has 0 aliphatic carbocycles. The SMILES string of the molecule is CCCCCCCC[Si](CCCCCCCC)(OCC)OCC. The molecule has 0 radical (unpaired) electrons. The van der Waals surface area contributed by atoms with Gasteiger partial charge in [0.15, 0.2) is 0 Å². The van der Waals surface area contributed by atoms with Crippen LogP contribution in [0.4, 0.5) is 0 Å². The summed E-state index contributed by atoms with van der Waals surface area (Å²) in [5, 5.41) is 0. The van der Waals surface area contributed by atoms with Crippen LogP contribution in [0.1, 0.15) is 105 Å². The summed E-state index contributed by atoms with van der Waals surface area (Å²) in [7, 11) is -1.93. The van der Waals surface area contributed by atoms with Crippen molar-refractivity contribution >= 4 is 8.56 Å². The van der Waals surface area contributed by atoms with E-state index in [0.717, 1.165) is 13.2 Å². The first-order valence-corrected chi connectivity index (χ1v) is 12.8. The smallest absolute Gasteiger partial charge is 0.338 e. The predicted molar refractivity (Wildman–Crippen MR) is 105 cm³/mol. The topological polar surface area (TPSA) is 18.5 Å². The quantitative estimate of drug-likeness (QED) is 0.193. The number of hydrogen-bond donors (Lipinski definition) is 0. The van der Waals surface area contributed by atoms with Gasteiger partial charge in [-0.2, -0.15) is 0 Å². The molecule has 23 heavy (non-hydrogen) atoms. The van der Waals surface area contributed by atoms with Crippen molar-refractivity contribution in [1.29, 1.82) is 0 Å². The first kappa shape index (κ1) is 23.1. The second-order valence-corrected chi connectivity index (χ2v) is 10.2. The highest BCUT2D eigenvalue weighted by Gasteiger charge is 2.35. The fourth-order valence-corrected chi connectivity index (χ4v) is 6.87. The summed E-state index contributed by atoms with van der Waals surface area (Å²) in [4.78, 5) is 0. The Bertz CT molecular complexity index is 210. The molecule has 0 aromatic carbocycles. The van der Waals surface area contributed by atoms with Gasteiger partial charge in [0.05, 0.1) is 0 Å². The average Bonchev–Trinajstić information content (AvgIpc) is 2.54. The number of rotatable bonds is 18. The van der Waals surface area contributed by atoms with Crippen molar-refractivity contribution in [1.82, 2.24) is 0 Å². The van der Waals surface area contributed by atoms with Crippen LogP contribution in [0.3, 0.4) is 0 Å². The fourth-order valence-electron chi connectivity index (χ4n) is 3.33. The minimum absolute atomic E-state index is 0.817. The Morgan fingerprint density at radius 3 is 1.17 bits per heavy atom. The molecule has 3 heteroatoms. The lowest BCUT2D eigenvalue weighted by Gasteiger charge is -2.30. The van der Waals surface area contributed by atoms with E-state index in [1.807, 2.05) is 0 Å². The molecule has 0 heterocycles. The normalized spacial score (nSPS) is 12.0. The molecule has 2 nitrogen and oxygen atoms in total. The Labute approximate surface area is 148 Å². The van der Waals surface area contributed by atoms with Crippen LogP contribution in [0.2, 0.25) is 12.1 Å². The van der Waals surface area contributed by atoms with Crippen molar-refractivity contribution < 1.29 is 8.85 Å². The van der Waals surface area contributed by atoms with Crippen molar-refractivity contribution in [2.75, 3.05) is 13.2 Å². The molecule has 0 saturated heterocycles. The third kappa shape index (κ3) is 13.1. The second-order valence-electron chi connectivity index (χ2n) is 6.81. The van der Waals surface area contributed by atoms with Gasteiger partial charge in [-0.1, -0.05) is 90.9 Å². The van der Waals surface area contributed by atoms with Gasteiger partial charge in [0.25, 0.3) is 0 Å². The Hall–Kier alpha value is 0.137. The zero-order valence-electron chi connectivity index (χ0n) is 16.6. The molecule has 0 aromatic rings. The molecule has 0 aliphatic heterocycles. The predicted octanol–water partition coefficient (Wildman–Crippen LogP) is 7.22. The van der Waals surface area contributed by atoms with Crippen LogP contribution in [-0.2, 0) is 8.85 Å². The lowest BCUT2D eigenvalue weighted by atomic mass is 10.1. The molecule has 0 rings (SSSR count). The second kappa shape index (κ2) is 17.0. The molecule has 0 bridgehead atoms. The highest BCUT2D eigenvalue weighted by Crippen LogP contribution is 2.26. The molecule has 0 spiro atoms. The molecule has 0 aromatic heterocycles. The molecule has 0 atom stereocenters. The van der Waals surface area contributed by atoms with E-state index in [2.05, 4.69) is 27.7 Å². The lowest BCUT2D eigenvalue weighted by molar-refractivity contribution is 0.180. The van der Waals surface area contributed by atoms with Crippen molar-refractivity contribution in [3.63, 3.8) is 0 Å². The Morgan fingerprint density at radius 1 is 0.478 bits per heavy atom. The van der Waals surface area contributed by atoms with E-state index in [0.29, 0.717) is 0 Å². The molecular formula is C20H44O2Si. The van der Waals surface area contributed by atoms with E-state index >= 15 is 0 Å². The Kier molecular flexibility index (Phi) is 17.1. The molecule has 0 saturated carbocycles. The minimum atomic E-state index is -1.93. The van der Waals surface area contributed by atoms with E-state index in [-0.39, 0.29) is 0 Å². The van der Waals surface area contributed by atoms with Crippen LogP contribution in [0.25, 0.3) is 0 Å². The largest absolute Gasteiger partial charge is 0.394 e. The molecular weight excluding hydrogens is 300 g/mol. The lowest BCUT2D eigenvalue weighted by Crippen LogP contribution is -2.42. The third-order valence-corrected chi connectivity index (χ3v) is 8.50. The Balaban J connectivity index is 4.11. The van der Waals surface area contributed by atoms with Gasteiger partial charge < -0.3 is 8.85 Å². The van der Waals surface area contributed by atoms with E-state index in [9.17, 15) is 0 Å². The first-order chi connectivity index (χ1) is 11.2. The van der Waals surface area contributed by atoms with E-state index in [4.69, 9.17) is 8.85 Å². The molecule has 0 unspecified atom stereocenters. The van der Waals surface area contributed by atoms with Gasteiger partial charge in [-0.15, -0.1) is 0 Å².